The number of hydrogen-bond acceptors (Lipinski definition) is 3. The molecule has 0 bridgehead atoms. The minimum Gasteiger partial charge on any atom is -0.396 e. The van der Waals surface area contributed by atoms with Gasteiger partial charge in [0.15, 0.2) is 0 Å². The number of aliphatic hydroxyl groups is 2. The number of aliphatic hydroxyl groups excluding tert-OH is 2. The first kappa shape index (κ1) is 13.4. The van der Waals surface area contributed by atoms with Gasteiger partial charge in [0.25, 0.3) is 0 Å². The fourth-order valence-corrected chi connectivity index (χ4v) is 2.83. The highest BCUT2D eigenvalue weighted by Gasteiger charge is 2.22. The summed E-state index contributed by atoms with van der Waals surface area (Å²) in [6.07, 6.45) is 2.82. The van der Waals surface area contributed by atoms with E-state index in [1.807, 2.05) is 25.1 Å². The van der Waals surface area contributed by atoms with Gasteiger partial charge in [-0.15, -0.1) is 0 Å². The molecule has 1 aliphatic rings. The molecule has 2 N–H and O–H groups in total. The lowest BCUT2D eigenvalue weighted by Gasteiger charge is -2.35. The van der Waals surface area contributed by atoms with Gasteiger partial charge in [-0.3, -0.25) is 0 Å². The topological polar surface area (TPSA) is 43.7 Å². The fourth-order valence-electron chi connectivity index (χ4n) is 2.83. The molecule has 1 aliphatic heterocycles. The van der Waals surface area contributed by atoms with Crippen molar-refractivity contribution < 1.29 is 10.2 Å². The number of benzene rings is 1. The van der Waals surface area contributed by atoms with Gasteiger partial charge in [-0.05, 0) is 38.2 Å². The van der Waals surface area contributed by atoms with Crippen molar-refractivity contribution >= 4 is 5.69 Å². The van der Waals surface area contributed by atoms with Crippen molar-refractivity contribution in [2.45, 2.75) is 32.3 Å². The van der Waals surface area contributed by atoms with Crippen LogP contribution in [0.1, 0.15) is 37.9 Å². The predicted octanol–water partition coefficient (Wildman–Crippen LogP) is 2.34. The van der Waals surface area contributed by atoms with Crippen LogP contribution < -0.4 is 4.90 Å². The third-order valence-electron chi connectivity index (χ3n) is 3.78. The molecule has 1 heterocycles. The summed E-state index contributed by atoms with van der Waals surface area (Å²) in [6.45, 7) is 4.13. The van der Waals surface area contributed by atoms with Crippen LogP contribution in [0, 0.1) is 5.92 Å². The number of hydrogen-bond donors (Lipinski definition) is 2. The average Bonchev–Trinajstić information content (AvgIpc) is 2.39. The standard InChI is InChI=1S/C15H23NO2/c1-12(18)14-6-2-3-7-15(14)16-9-4-5-13(11-16)8-10-17/h2-3,6-7,12-13,17-18H,4-5,8-11H2,1H3/t12-,13?/m0/s1. The van der Waals surface area contributed by atoms with E-state index < -0.39 is 6.10 Å². The van der Waals surface area contributed by atoms with Gasteiger partial charge in [-0.2, -0.15) is 0 Å². The molecule has 0 saturated carbocycles. The zero-order valence-electron chi connectivity index (χ0n) is 11.0. The molecular weight excluding hydrogens is 226 g/mol. The van der Waals surface area contributed by atoms with Gasteiger partial charge in [-0.25, -0.2) is 0 Å². The molecule has 0 aliphatic carbocycles. The Balaban J connectivity index is 2.15. The number of rotatable bonds is 4. The Kier molecular flexibility index (Phi) is 4.61. The molecule has 0 radical (unpaired) electrons. The van der Waals surface area contributed by atoms with Gasteiger partial charge in [0.05, 0.1) is 6.10 Å². The largest absolute Gasteiger partial charge is 0.396 e. The third-order valence-corrected chi connectivity index (χ3v) is 3.78. The van der Waals surface area contributed by atoms with Gasteiger partial charge in [-0.1, -0.05) is 18.2 Å². The lowest BCUT2D eigenvalue weighted by molar-refractivity contribution is 0.199. The zero-order chi connectivity index (χ0) is 13.0. The Morgan fingerprint density at radius 3 is 2.89 bits per heavy atom. The summed E-state index contributed by atoms with van der Waals surface area (Å²) in [4.78, 5) is 2.35. The molecule has 0 spiro atoms. The normalized spacial score (nSPS) is 21.9. The first-order valence-electron chi connectivity index (χ1n) is 6.85. The highest BCUT2D eigenvalue weighted by atomic mass is 16.3. The van der Waals surface area contributed by atoms with Crippen molar-refractivity contribution in [3.05, 3.63) is 29.8 Å². The van der Waals surface area contributed by atoms with Crippen molar-refractivity contribution in [2.24, 2.45) is 5.92 Å². The lowest BCUT2D eigenvalue weighted by Crippen LogP contribution is -2.36. The Hall–Kier alpha value is -1.06. The molecule has 100 valence electrons. The predicted molar refractivity (Wildman–Crippen MR) is 73.7 cm³/mol. The average molecular weight is 249 g/mol. The van der Waals surface area contributed by atoms with Crippen LogP contribution in [0.2, 0.25) is 0 Å². The molecule has 1 fully saturated rings. The van der Waals surface area contributed by atoms with E-state index in [0.717, 1.165) is 30.8 Å². The van der Waals surface area contributed by atoms with Gasteiger partial charge in [0.1, 0.15) is 0 Å². The summed E-state index contributed by atoms with van der Waals surface area (Å²) < 4.78 is 0. The maximum Gasteiger partial charge on any atom is 0.0781 e. The van der Waals surface area contributed by atoms with Gasteiger partial charge < -0.3 is 15.1 Å². The van der Waals surface area contributed by atoms with Crippen molar-refractivity contribution in [3.63, 3.8) is 0 Å². The van der Waals surface area contributed by atoms with Gasteiger partial charge in [0.2, 0.25) is 0 Å². The summed E-state index contributed by atoms with van der Waals surface area (Å²) in [5.74, 6) is 0.575. The van der Waals surface area contributed by atoms with Gasteiger partial charge in [0, 0.05) is 30.9 Å². The summed E-state index contributed by atoms with van der Waals surface area (Å²) in [7, 11) is 0. The second-order valence-corrected chi connectivity index (χ2v) is 5.20. The maximum atomic E-state index is 9.84. The van der Waals surface area contributed by atoms with E-state index in [2.05, 4.69) is 11.0 Å². The molecule has 1 aromatic rings. The van der Waals surface area contributed by atoms with Gasteiger partial charge >= 0.3 is 0 Å². The first-order chi connectivity index (χ1) is 8.72. The number of anilines is 1. The van der Waals surface area contributed by atoms with E-state index in [9.17, 15) is 5.11 Å². The molecule has 18 heavy (non-hydrogen) atoms. The molecule has 2 rings (SSSR count). The van der Waals surface area contributed by atoms with Crippen LogP contribution in [-0.2, 0) is 0 Å². The highest BCUT2D eigenvalue weighted by molar-refractivity contribution is 5.54. The molecule has 0 amide bonds. The monoisotopic (exact) mass is 249 g/mol. The van der Waals surface area contributed by atoms with Crippen molar-refractivity contribution in [1.82, 2.24) is 0 Å². The Bertz CT molecular complexity index is 377. The summed E-state index contributed by atoms with van der Waals surface area (Å²) in [5, 5.41) is 18.9. The minimum atomic E-state index is -0.431. The fraction of sp³-hybridized carbons (Fsp3) is 0.600. The molecule has 1 aromatic carbocycles. The molecule has 2 atom stereocenters. The van der Waals surface area contributed by atoms with Crippen molar-refractivity contribution in [1.29, 1.82) is 0 Å². The molecule has 3 heteroatoms. The summed E-state index contributed by atoms with van der Waals surface area (Å²) >= 11 is 0. The first-order valence-corrected chi connectivity index (χ1v) is 6.85. The van der Waals surface area contributed by atoms with Crippen LogP contribution in [0.15, 0.2) is 24.3 Å². The second-order valence-electron chi connectivity index (χ2n) is 5.20. The summed E-state index contributed by atoms with van der Waals surface area (Å²) in [5.41, 5.74) is 2.15. The van der Waals surface area contributed by atoms with E-state index in [1.165, 1.54) is 12.8 Å². The Morgan fingerprint density at radius 1 is 1.39 bits per heavy atom. The van der Waals surface area contributed by atoms with Crippen molar-refractivity contribution in [2.75, 3.05) is 24.6 Å². The van der Waals surface area contributed by atoms with Crippen LogP contribution in [0.25, 0.3) is 0 Å². The second kappa shape index (κ2) is 6.21. The third kappa shape index (κ3) is 3.03. The molecule has 1 saturated heterocycles. The minimum absolute atomic E-state index is 0.274. The molecule has 3 nitrogen and oxygen atoms in total. The lowest BCUT2D eigenvalue weighted by atomic mass is 9.94. The number of nitrogens with zero attached hydrogens (tertiary/aromatic N) is 1. The zero-order valence-corrected chi connectivity index (χ0v) is 11.0. The molecule has 0 aromatic heterocycles. The van der Waals surface area contributed by atoms with Crippen molar-refractivity contribution in [3.8, 4) is 0 Å². The number of para-hydroxylation sites is 1. The molecule has 1 unspecified atom stereocenters. The highest BCUT2D eigenvalue weighted by Crippen LogP contribution is 2.30. The van der Waals surface area contributed by atoms with Crippen LogP contribution in [0.5, 0.6) is 0 Å². The van der Waals surface area contributed by atoms with Crippen LogP contribution in [0.3, 0.4) is 0 Å². The smallest absolute Gasteiger partial charge is 0.0781 e. The van der Waals surface area contributed by atoms with E-state index in [0.29, 0.717) is 5.92 Å². The quantitative estimate of drug-likeness (QED) is 0.861. The number of piperidine rings is 1. The maximum absolute atomic E-state index is 9.84. The van der Waals surface area contributed by atoms with Crippen LogP contribution in [0.4, 0.5) is 5.69 Å². The Morgan fingerprint density at radius 2 is 2.17 bits per heavy atom. The molecular formula is C15H23NO2. The van der Waals surface area contributed by atoms with E-state index in [4.69, 9.17) is 5.11 Å². The van der Waals surface area contributed by atoms with Crippen LogP contribution >= 0.6 is 0 Å². The van der Waals surface area contributed by atoms with Crippen LogP contribution in [-0.4, -0.2) is 29.9 Å². The summed E-state index contributed by atoms with van der Waals surface area (Å²) in [6, 6.07) is 8.08. The van der Waals surface area contributed by atoms with E-state index >= 15 is 0 Å². The van der Waals surface area contributed by atoms with E-state index in [-0.39, 0.29) is 6.61 Å². The van der Waals surface area contributed by atoms with E-state index in [1.54, 1.807) is 0 Å². The Labute approximate surface area is 109 Å². The SMILES string of the molecule is C[C@H](O)c1ccccc1N1CCCC(CCO)C1.